The van der Waals surface area contributed by atoms with Crippen LogP contribution in [0.4, 0.5) is 5.69 Å². The highest BCUT2D eigenvalue weighted by molar-refractivity contribution is 5.88. The largest absolute Gasteiger partial charge is 0.456 e. The number of anilines is 1. The maximum atomic E-state index is 12.1. The molecule has 0 aliphatic rings. The van der Waals surface area contributed by atoms with Gasteiger partial charge in [-0.05, 0) is 30.0 Å². The summed E-state index contributed by atoms with van der Waals surface area (Å²) < 4.78 is 5.30. The van der Waals surface area contributed by atoms with Gasteiger partial charge < -0.3 is 10.5 Å². The van der Waals surface area contributed by atoms with Gasteiger partial charge in [0.25, 0.3) is 0 Å². The molecule has 0 aliphatic heterocycles. The number of hydrogen-bond donors (Lipinski definition) is 1. The van der Waals surface area contributed by atoms with Gasteiger partial charge >= 0.3 is 5.97 Å². The number of aromatic nitrogens is 1. The van der Waals surface area contributed by atoms with Gasteiger partial charge in [0.15, 0.2) is 0 Å². The van der Waals surface area contributed by atoms with Crippen molar-refractivity contribution >= 4 is 11.7 Å². The molecule has 2 N–H and O–H groups in total. The predicted octanol–water partition coefficient (Wildman–Crippen LogP) is 3.45. The number of ether oxygens (including phenoxy) is 1. The summed E-state index contributed by atoms with van der Waals surface area (Å²) in [5, 5.41) is 0. The van der Waals surface area contributed by atoms with Crippen molar-refractivity contribution in [2.75, 3.05) is 5.73 Å². The van der Waals surface area contributed by atoms with Crippen molar-refractivity contribution in [3.63, 3.8) is 0 Å². The molecule has 1 aromatic carbocycles. The smallest absolute Gasteiger partial charge is 0.357 e. The number of nitrogen functional groups attached to an aromatic ring is 1. The molecule has 0 fully saturated rings. The van der Waals surface area contributed by atoms with Crippen LogP contribution in [0.15, 0.2) is 36.4 Å². The monoisotopic (exact) mass is 284 g/mol. The Morgan fingerprint density at radius 3 is 2.57 bits per heavy atom. The Morgan fingerprint density at radius 1 is 1.29 bits per heavy atom. The number of nitrogens with zero attached hydrogens (tertiary/aromatic N) is 1. The SMILES string of the molecule is Cc1cc(C(=O)OCc2ccccc2)nc(C(C)C)c1N. The predicted molar refractivity (Wildman–Crippen MR) is 83.0 cm³/mol. The van der Waals surface area contributed by atoms with Crippen LogP contribution in [-0.2, 0) is 11.3 Å². The van der Waals surface area contributed by atoms with Gasteiger partial charge in [-0.1, -0.05) is 44.2 Å². The van der Waals surface area contributed by atoms with Crippen LogP contribution < -0.4 is 5.73 Å². The molecule has 4 heteroatoms. The zero-order valence-electron chi connectivity index (χ0n) is 12.6. The van der Waals surface area contributed by atoms with E-state index in [9.17, 15) is 4.79 Å². The average Bonchev–Trinajstić information content (AvgIpc) is 2.48. The van der Waals surface area contributed by atoms with Gasteiger partial charge in [0.05, 0.1) is 11.4 Å². The molecule has 0 radical (unpaired) electrons. The Hall–Kier alpha value is -2.36. The normalized spacial score (nSPS) is 10.7. The maximum Gasteiger partial charge on any atom is 0.357 e. The van der Waals surface area contributed by atoms with E-state index in [1.165, 1.54) is 0 Å². The summed E-state index contributed by atoms with van der Waals surface area (Å²) in [4.78, 5) is 16.5. The highest BCUT2D eigenvalue weighted by atomic mass is 16.5. The Bertz CT molecular complexity index is 637. The molecule has 0 unspecified atom stereocenters. The van der Waals surface area contributed by atoms with Crippen molar-refractivity contribution in [1.29, 1.82) is 0 Å². The lowest BCUT2D eigenvalue weighted by atomic mass is 10.0. The minimum Gasteiger partial charge on any atom is -0.456 e. The first-order valence-corrected chi connectivity index (χ1v) is 6.97. The molecule has 4 nitrogen and oxygen atoms in total. The van der Waals surface area contributed by atoms with E-state index < -0.39 is 5.97 Å². The van der Waals surface area contributed by atoms with E-state index in [-0.39, 0.29) is 12.5 Å². The highest BCUT2D eigenvalue weighted by Gasteiger charge is 2.16. The number of hydrogen-bond acceptors (Lipinski definition) is 4. The summed E-state index contributed by atoms with van der Waals surface area (Å²) in [6, 6.07) is 11.2. The molecule has 110 valence electrons. The van der Waals surface area contributed by atoms with Crippen LogP contribution in [-0.4, -0.2) is 11.0 Å². The van der Waals surface area contributed by atoms with E-state index in [4.69, 9.17) is 10.5 Å². The summed E-state index contributed by atoms with van der Waals surface area (Å²) in [5.41, 5.74) is 9.48. The van der Waals surface area contributed by atoms with E-state index in [1.807, 2.05) is 51.1 Å². The Kier molecular flexibility index (Phi) is 4.58. The average molecular weight is 284 g/mol. The van der Waals surface area contributed by atoms with Crippen molar-refractivity contribution in [1.82, 2.24) is 4.98 Å². The number of rotatable bonds is 4. The fraction of sp³-hybridized carbons (Fsp3) is 0.294. The van der Waals surface area contributed by atoms with E-state index in [1.54, 1.807) is 6.07 Å². The minimum absolute atomic E-state index is 0.158. The Labute approximate surface area is 125 Å². The molecular formula is C17H20N2O2. The molecule has 1 heterocycles. The highest BCUT2D eigenvalue weighted by Crippen LogP contribution is 2.23. The molecule has 0 atom stereocenters. The molecule has 0 saturated carbocycles. The molecule has 2 rings (SSSR count). The van der Waals surface area contributed by atoms with Crippen LogP contribution in [0.1, 0.15) is 47.1 Å². The second-order valence-corrected chi connectivity index (χ2v) is 5.34. The quantitative estimate of drug-likeness (QED) is 0.873. The minimum atomic E-state index is -0.427. The third-order valence-electron chi connectivity index (χ3n) is 3.26. The molecule has 0 bridgehead atoms. The number of pyridine rings is 1. The second-order valence-electron chi connectivity index (χ2n) is 5.34. The molecule has 0 saturated heterocycles. The van der Waals surface area contributed by atoms with E-state index >= 15 is 0 Å². The lowest BCUT2D eigenvalue weighted by Crippen LogP contribution is -2.12. The third kappa shape index (κ3) is 3.60. The first-order valence-electron chi connectivity index (χ1n) is 6.97. The number of carbonyl (C=O) groups excluding carboxylic acids is 1. The summed E-state index contributed by atoms with van der Waals surface area (Å²) in [6.45, 7) is 6.10. The lowest BCUT2D eigenvalue weighted by Gasteiger charge is -2.13. The Balaban J connectivity index is 2.16. The zero-order valence-corrected chi connectivity index (χ0v) is 12.6. The number of nitrogens with two attached hydrogens (primary N) is 1. The molecule has 0 amide bonds. The second kappa shape index (κ2) is 6.39. The van der Waals surface area contributed by atoms with E-state index in [0.29, 0.717) is 11.4 Å². The standard InChI is InChI=1S/C17H20N2O2/c1-11(2)16-15(18)12(3)9-14(19-16)17(20)21-10-13-7-5-4-6-8-13/h4-9,11H,10,18H2,1-3H3. The summed E-state index contributed by atoms with van der Waals surface area (Å²) in [5.74, 6) is -0.269. The topological polar surface area (TPSA) is 65.2 Å². The molecule has 0 spiro atoms. The third-order valence-corrected chi connectivity index (χ3v) is 3.26. The van der Waals surface area contributed by atoms with Gasteiger partial charge in [-0.25, -0.2) is 9.78 Å². The van der Waals surface area contributed by atoms with Gasteiger partial charge in [0.1, 0.15) is 12.3 Å². The fourth-order valence-electron chi connectivity index (χ4n) is 2.05. The van der Waals surface area contributed by atoms with Crippen molar-refractivity contribution in [3.05, 3.63) is 58.9 Å². The van der Waals surface area contributed by atoms with Gasteiger partial charge in [-0.15, -0.1) is 0 Å². The first kappa shape index (κ1) is 15.0. The van der Waals surface area contributed by atoms with Gasteiger partial charge in [0, 0.05) is 0 Å². The van der Waals surface area contributed by atoms with E-state index in [2.05, 4.69) is 4.98 Å². The van der Waals surface area contributed by atoms with Crippen LogP contribution in [0.25, 0.3) is 0 Å². The fourth-order valence-corrected chi connectivity index (χ4v) is 2.05. The summed E-state index contributed by atoms with van der Waals surface area (Å²) in [7, 11) is 0. The Morgan fingerprint density at radius 2 is 1.95 bits per heavy atom. The van der Waals surface area contributed by atoms with Crippen molar-refractivity contribution < 1.29 is 9.53 Å². The lowest BCUT2D eigenvalue weighted by molar-refractivity contribution is 0.0465. The van der Waals surface area contributed by atoms with Crippen LogP contribution in [0.2, 0.25) is 0 Å². The summed E-state index contributed by atoms with van der Waals surface area (Å²) >= 11 is 0. The van der Waals surface area contributed by atoms with Gasteiger partial charge in [0.2, 0.25) is 0 Å². The molecule has 1 aromatic heterocycles. The maximum absolute atomic E-state index is 12.1. The zero-order chi connectivity index (χ0) is 15.4. The first-order chi connectivity index (χ1) is 9.99. The van der Waals surface area contributed by atoms with Crippen molar-refractivity contribution in [3.8, 4) is 0 Å². The molecule has 2 aromatic rings. The van der Waals surface area contributed by atoms with Gasteiger partial charge in [-0.3, -0.25) is 0 Å². The number of carbonyl (C=O) groups is 1. The van der Waals surface area contributed by atoms with Crippen LogP contribution >= 0.6 is 0 Å². The van der Waals surface area contributed by atoms with Crippen LogP contribution in [0.5, 0.6) is 0 Å². The van der Waals surface area contributed by atoms with Crippen LogP contribution in [0, 0.1) is 6.92 Å². The van der Waals surface area contributed by atoms with Crippen LogP contribution in [0.3, 0.4) is 0 Å². The summed E-state index contributed by atoms with van der Waals surface area (Å²) in [6.07, 6.45) is 0. The number of esters is 1. The number of benzene rings is 1. The van der Waals surface area contributed by atoms with Gasteiger partial charge in [-0.2, -0.15) is 0 Å². The van der Waals surface area contributed by atoms with E-state index in [0.717, 1.165) is 16.8 Å². The number of aryl methyl sites for hydroxylation is 1. The molecule has 0 aliphatic carbocycles. The molecule has 21 heavy (non-hydrogen) atoms. The van der Waals surface area contributed by atoms with Crippen molar-refractivity contribution in [2.24, 2.45) is 0 Å². The van der Waals surface area contributed by atoms with Crippen molar-refractivity contribution in [2.45, 2.75) is 33.3 Å². The molecular weight excluding hydrogens is 264 g/mol.